The number of thiocarbonyl (C=S) groups is 1. The molecule has 4 rings (SSSR count). The SMILES string of the molecule is COc1ccc(-n2c(C)ccc2[C@@H]2[C@H](c3ccccn3)NC(=S)N2CCO)cc1. The lowest BCUT2D eigenvalue weighted by Crippen LogP contribution is -2.33. The molecule has 2 aromatic heterocycles. The number of aliphatic hydroxyl groups is 1. The fraction of sp³-hybridized carbons (Fsp3) is 0.273. The second-order valence-corrected chi connectivity index (χ2v) is 7.36. The first-order chi connectivity index (χ1) is 14.1. The Morgan fingerprint density at radius 3 is 2.59 bits per heavy atom. The van der Waals surface area contributed by atoms with Crippen LogP contribution in [-0.2, 0) is 0 Å². The average Bonchev–Trinajstić information content (AvgIpc) is 3.29. The number of aliphatic hydroxyl groups excluding tert-OH is 1. The first-order valence-corrected chi connectivity index (χ1v) is 9.96. The van der Waals surface area contributed by atoms with Crippen LogP contribution in [0.15, 0.2) is 60.8 Å². The number of hydrogen-bond donors (Lipinski definition) is 2. The van der Waals surface area contributed by atoms with E-state index in [-0.39, 0.29) is 18.7 Å². The molecule has 0 bridgehead atoms. The van der Waals surface area contributed by atoms with Crippen LogP contribution in [0.3, 0.4) is 0 Å². The monoisotopic (exact) mass is 408 g/mol. The molecule has 1 aliphatic rings. The molecule has 0 saturated carbocycles. The van der Waals surface area contributed by atoms with Gasteiger partial charge in [0.15, 0.2) is 5.11 Å². The van der Waals surface area contributed by atoms with Crippen LogP contribution in [0.2, 0.25) is 0 Å². The highest BCUT2D eigenvalue weighted by molar-refractivity contribution is 7.80. The summed E-state index contributed by atoms with van der Waals surface area (Å²) in [5.41, 5.74) is 4.17. The van der Waals surface area contributed by atoms with E-state index >= 15 is 0 Å². The predicted octanol–water partition coefficient (Wildman–Crippen LogP) is 3.15. The molecule has 1 saturated heterocycles. The molecule has 0 aliphatic carbocycles. The fourth-order valence-corrected chi connectivity index (χ4v) is 4.28. The Morgan fingerprint density at radius 1 is 1.14 bits per heavy atom. The number of ether oxygens (including phenoxy) is 1. The number of β-amino-alcohol motifs (C(OH)–C–C–N with tert-alkyl or cyclic N) is 1. The molecular formula is C22H24N4O2S. The number of methoxy groups -OCH3 is 1. The molecule has 2 N–H and O–H groups in total. The van der Waals surface area contributed by atoms with E-state index in [1.165, 1.54) is 0 Å². The van der Waals surface area contributed by atoms with Gasteiger partial charge >= 0.3 is 0 Å². The van der Waals surface area contributed by atoms with Gasteiger partial charge in [0, 0.05) is 29.8 Å². The number of aromatic nitrogens is 2. The lowest BCUT2D eigenvalue weighted by Gasteiger charge is -2.28. The van der Waals surface area contributed by atoms with Gasteiger partial charge in [0.25, 0.3) is 0 Å². The highest BCUT2D eigenvalue weighted by Gasteiger charge is 2.41. The summed E-state index contributed by atoms with van der Waals surface area (Å²) in [7, 11) is 1.66. The van der Waals surface area contributed by atoms with Crippen LogP contribution in [0.1, 0.15) is 29.2 Å². The third-order valence-electron chi connectivity index (χ3n) is 5.28. The number of rotatable bonds is 6. The molecule has 0 unspecified atom stereocenters. The van der Waals surface area contributed by atoms with Gasteiger partial charge in [0.05, 0.1) is 31.5 Å². The molecule has 1 fully saturated rings. The van der Waals surface area contributed by atoms with Crippen molar-refractivity contribution in [3.8, 4) is 11.4 Å². The van der Waals surface area contributed by atoms with Crippen molar-refractivity contribution >= 4 is 17.3 Å². The topological polar surface area (TPSA) is 62.5 Å². The van der Waals surface area contributed by atoms with Crippen molar-refractivity contribution in [2.24, 2.45) is 0 Å². The Bertz CT molecular complexity index is 988. The largest absolute Gasteiger partial charge is 0.497 e. The van der Waals surface area contributed by atoms with E-state index in [1.54, 1.807) is 13.3 Å². The van der Waals surface area contributed by atoms with Crippen LogP contribution in [0.25, 0.3) is 5.69 Å². The van der Waals surface area contributed by atoms with Crippen LogP contribution < -0.4 is 10.1 Å². The van der Waals surface area contributed by atoms with E-state index in [0.717, 1.165) is 28.5 Å². The fourth-order valence-electron chi connectivity index (χ4n) is 3.95. The maximum Gasteiger partial charge on any atom is 0.170 e. The van der Waals surface area contributed by atoms with E-state index in [0.29, 0.717) is 11.7 Å². The molecule has 150 valence electrons. The lowest BCUT2D eigenvalue weighted by atomic mass is 10.0. The van der Waals surface area contributed by atoms with Crippen LogP contribution in [0.5, 0.6) is 5.75 Å². The maximum absolute atomic E-state index is 9.65. The first-order valence-electron chi connectivity index (χ1n) is 9.55. The zero-order valence-electron chi connectivity index (χ0n) is 16.4. The summed E-state index contributed by atoms with van der Waals surface area (Å²) in [5.74, 6) is 0.817. The quantitative estimate of drug-likeness (QED) is 0.611. The smallest absolute Gasteiger partial charge is 0.170 e. The molecule has 0 radical (unpaired) electrons. The van der Waals surface area contributed by atoms with Gasteiger partial charge in [-0.2, -0.15) is 0 Å². The van der Waals surface area contributed by atoms with Crippen molar-refractivity contribution in [3.05, 3.63) is 77.9 Å². The number of aryl methyl sites for hydroxylation is 1. The predicted molar refractivity (Wildman–Crippen MR) is 116 cm³/mol. The summed E-state index contributed by atoms with van der Waals surface area (Å²) in [6.07, 6.45) is 1.79. The summed E-state index contributed by atoms with van der Waals surface area (Å²) < 4.78 is 7.53. The zero-order valence-corrected chi connectivity index (χ0v) is 17.3. The summed E-state index contributed by atoms with van der Waals surface area (Å²) in [4.78, 5) is 6.61. The minimum atomic E-state index is -0.110. The Hall–Kier alpha value is -2.90. The van der Waals surface area contributed by atoms with Gasteiger partial charge in [0.2, 0.25) is 0 Å². The number of nitrogens with zero attached hydrogens (tertiary/aromatic N) is 3. The van der Waals surface area contributed by atoms with E-state index in [4.69, 9.17) is 17.0 Å². The Morgan fingerprint density at radius 2 is 1.93 bits per heavy atom. The Balaban J connectivity index is 1.82. The Labute approximate surface area is 175 Å². The van der Waals surface area contributed by atoms with Gasteiger partial charge in [0.1, 0.15) is 5.75 Å². The van der Waals surface area contributed by atoms with E-state index in [1.807, 2.05) is 47.4 Å². The Kier molecular flexibility index (Phi) is 5.51. The molecular weight excluding hydrogens is 384 g/mol. The van der Waals surface area contributed by atoms with Gasteiger partial charge in [-0.3, -0.25) is 4.98 Å². The van der Waals surface area contributed by atoms with Gasteiger partial charge in [-0.15, -0.1) is 0 Å². The minimum Gasteiger partial charge on any atom is -0.497 e. The molecule has 3 aromatic rings. The van der Waals surface area contributed by atoms with Crippen LogP contribution in [0.4, 0.5) is 0 Å². The molecule has 1 aromatic carbocycles. The van der Waals surface area contributed by atoms with Crippen LogP contribution in [0, 0.1) is 6.92 Å². The lowest BCUT2D eigenvalue weighted by molar-refractivity contribution is 0.220. The normalized spacial score (nSPS) is 18.7. The molecule has 2 atom stereocenters. The maximum atomic E-state index is 9.65. The van der Waals surface area contributed by atoms with Crippen molar-refractivity contribution in [2.75, 3.05) is 20.3 Å². The van der Waals surface area contributed by atoms with E-state index < -0.39 is 0 Å². The molecule has 1 aliphatic heterocycles. The van der Waals surface area contributed by atoms with Crippen LogP contribution >= 0.6 is 12.2 Å². The summed E-state index contributed by atoms with van der Waals surface area (Å²) in [6, 6.07) is 17.9. The van der Waals surface area contributed by atoms with Gasteiger partial charge in [-0.1, -0.05) is 6.07 Å². The number of nitrogens with one attached hydrogen (secondary N) is 1. The highest BCUT2D eigenvalue weighted by Crippen LogP contribution is 2.40. The number of pyridine rings is 1. The van der Waals surface area contributed by atoms with Gasteiger partial charge in [-0.25, -0.2) is 0 Å². The molecule has 3 heterocycles. The van der Waals surface area contributed by atoms with Crippen LogP contribution in [-0.4, -0.2) is 44.9 Å². The second-order valence-electron chi connectivity index (χ2n) is 6.98. The zero-order chi connectivity index (χ0) is 20.4. The number of benzene rings is 1. The average molecular weight is 409 g/mol. The third kappa shape index (κ3) is 3.59. The van der Waals surface area contributed by atoms with Gasteiger partial charge < -0.3 is 24.6 Å². The number of hydrogen-bond acceptors (Lipinski definition) is 4. The molecule has 0 spiro atoms. The van der Waals surface area contributed by atoms with E-state index in [2.05, 4.69) is 33.9 Å². The van der Waals surface area contributed by atoms with Crippen molar-refractivity contribution in [1.82, 2.24) is 19.8 Å². The molecule has 7 heteroatoms. The first kappa shape index (κ1) is 19.4. The standard InChI is InChI=1S/C22H24N4O2S/c1-15-6-11-19(26(15)16-7-9-17(28-2)10-8-16)21-20(18-5-3-4-12-23-18)24-22(29)25(21)13-14-27/h3-12,20-21,27H,13-14H2,1-2H3,(H,24,29)/t20-,21+/m0/s1. The van der Waals surface area contributed by atoms with E-state index in [9.17, 15) is 5.11 Å². The van der Waals surface area contributed by atoms with Crippen molar-refractivity contribution in [3.63, 3.8) is 0 Å². The third-order valence-corrected chi connectivity index (χ3v) is 5.63. The summed E-state index contributed by atoms with van der Waals surface area (Å²) >= 11 is 5.61. The summed E-state index contributed by atoms with van der Waals surface area (Å²) in [5, 5.41) is 13.7. The van der Waals surface area contributed by atoms with Crippen molar-refractivity contribution in [1.29, 1.82) is 0 Å². The highest BCUT2D eigenvalue weighted by atomic mass is 32.1. The minimum absolute atomic E-state index is 0.0233. The molecule has 29 heavy (non-hydrogen) atoms. The van der Waals surface area contributed by atoms with Crippen molar-refractivity contribution in [2.45, 2.75) is 19.0 Å². The van der Waals surface area contributed by atoms with Crippen molar-refractivity contribution < 1.29 is 9.84 Å². The van der Waals surface area contributed by atoms with Gasteiger partial charge in [-0.05, 0) is 67.7 Å². The molecule has 0 amide bonds. The molecule has 6 nitrogen and oxygen atoms in total. The summed E-state index contributed by atoms with van der Waals surface area (Å²) in [6.45, 7) is 2.56. The second kappa shape index (κ2) is 8.23.